The number of aromatic nitrogens is 2. The van der Waals surface area contributed by atoms with E-state index < -0.39 is 0 Å². The molecule has 2 aromatic rings. The first kappa shape index (κ1) is 27.7. The number of nitrogens with zero attached hydrogens (tertiary/aromatic N) is 4. The number of hydrogen-bond donors (Lipinski definition) is 0. The highest BCUT2D eigenvalue weighted by Crippen LogP contribution is 2.30. The predicted molar refractivity (Wildman–Crippen MR) is 147 cm³/mol. The van der Waals surface area contributed by atoms with Gasteiger partial charge in [-0.25, -0.2) is 4.52 Å². The quantitative estimate of drug-likeness (QED) is 0.363. The summed E-state index contributed by atoms with van der Waals surface area (Å²) in [6.45, 7) is 20.9. The minimum absolute atomic E-state index is 0.0305. The third-order valence-corrected chi connectivity index (χ3v) is 7.28. The summed E-state index contributed by atoms with van der Waals surface area (Å²) >= 11 is 0. The summed E-state index contributed by atoms with van der Waals surface area (Å²) in [5, 5.41) is 4.99. The van der Waals surface area contributed by atoms with E-state index in [0.717, 1.165) is 62.1 Å². The Morgan fingerprint density at radius 2 is 1.66 bits per heavy atom. The highest BCUT2D eigenvalue weighted by Gasteiger charge is 2.25. The molecule has 1 fully saturated rings. The third-order valence-electron chi connectivity index (χ3n) is 7.28. The molecule has 3 rings (SSSR count). The molecule has 35 heavy (non-hydrogen) atoms. The highest BCUT2D eigenvalue weighted by molar-refractivity contribution is 5.95. The van der Waals surface area contributed by atoms with Gasteiger partial charge in [0.05, 0.1) is 11.2 Å². The first-order valence-electron chi connectivity index (χ1n) is 14.1. The summed E-state index contributed by atoms with van der Waals surface area (Å²) in [7, 11) is 0. The van der Waals surface area contributed by atoms with Crippen molar-refractivity contribution in [1.29, 1.82) is 0 Å². The molecule has 0 spiro atoms. The Bertz CT molecular complexity index is 935. The SMILES string of the molecule is CC(C)CCN(CCC(C)C)C(=O)c1ccn2nc(C(C)(C)C)c(CCCN3CCCCC3)c2c1. The van der Waals surface area contributed by atoms with Crippen LogP contribution in [0.25, 0.3) is 5.52 Å². The summed E-state index contributed by atoms with van der Waals surface area (Å²) < 4.78 is 2.00. The molecule has 2 aromatic heterocycles. The molecule has 0 aliphatic carbocycles. The molecule has 0 bridgehead atoms. The Morgan fingerprint density at radius 3 is 2.23 bits per heavy atom. The number of likely N-dealkylation sites (tertiary alicyclic amines) is 1. The number of pyridine rings is 1. The molecular formula is C30H50N4O. The van der Waals surface area contributed by atoms with Crippen molar-refractivity contribution in [2.24, 2.45) is 11.8 Å². The van der Waals surface area contributed by atoms with Gasteiger partial charge in [0.15, 0.2) is 0 Å². The van der Waals surface area contributed by atoms with Crippen molar-refractivity contribution >= 4 is 11.4 Å². The summed E-state index contributed by atoms with van der Waals surface area (Å²) in [5.41, 5.74) is 4.35. The lowest BCUT2D eigenvalue weighted by Gasteiger charge is -2.26. The fourth-order valence-corrected chi connectivity index (χ4v) is 5.06. The number of rotatable bonds is 11. The van der Waals surface area contributed by atoms with Crippen molar-refractivity contribution in [3.05, 3.63) is 35.2 Å². The number of fused-ring (bicyclic) bond motifs is 1. The number of piperidine rings is 1. The van der Waals surface area contributed by atoms with E-state index in [1.807, 2.05) is 16.8 Å². The Kier molecular flexibility index (Phi) is 9.80. The second-order valence-corrected chi connectivity index (χ2v) is 12.5. The summed E-state index contributed by atoms with van der Waals surface area (Å²) in [4.78, 5) is 18.3. The lowest BCUT2D eigenvalue weighted by Crippen LogP contribution is -2.34. The standard InChI is InChI=1S/C30H50N4O/c1-23(2)13-19-33(20-14-24(3)4)29(35)25-15-21-34-27(22-25)26(28(31-34)30(5,6)7)12-11-18-32-16-9-8-10-17-32/h15,21-24H,8-14,16-20H2,1-7H3. The monoisotopic (exact) mass is 482 g/mol. The molecular weight excluding hydrogens is 432 g/mol. The van der Waals surface area contributed by atoms with Crippen molar-refractivity contribution in [3.63, 3.8) is 0 Å². The number of amides is 1. The fourth-order valence-electron chi connectivity index (χ4n) is 5.06. The molecule has 0 atom stereocenters. The first-order valence-corrected chi connectivity index (χ1v) is 14.1. The van der Waals surface area contributed by atoms with Crippen LogP contribution in [-0.4, -0.2) is 58.0 Å². The van der Waals surface area contributed by atoms with Crippen LogP contribution < -0.4 is 0 Å². The largest absolute Gasteiger partial charge is 0.339 e. The van der Waals surface area contributed by atoms with Crippen LogP contribution in [0.2, 0.25) is 0 Å². The van der Waals surface area contributed by atoms with Crippen molar-refractivity contribution in [1.82, 2.24) is 19.4 Å². The molecule has 0 aromatic carbocycles. The van der Waals surface area contributed by atoms with Gasteiger partial charge in [0.1, 0.15) is 0 Å². The lowest BCUT2D eigenvalue weighted by molar-refractivity contribution is 0.0741. The number of aryl methyl sites for hydroxylation is 1. The normalized spacial score (nSPS) is 15.5. The Morgan fingerprint density at radius 1 is 1.03 bits per heavy atom. The van der Waals surface area contributed by atoms with E-state index in [4.69, 9.17) is 5.10 Å². The maximum Gasteiger partial charge on any atom is 0.253 e. The average Bonchev–Trinajstić information content (AvgIpc) is 3.17. The van der Waals surface area contributed by atoms with Crippen molar-refractivity contribution in [2.45, 2.75) is 98.8 Å². The summed E-state index contributed by atoms with van der Waals surface area (Å²) in [6, 6.07) is 4.07. The van der Waals surface area contributed by atoms with Crippen LogP contribution in [0.4, 0.5) is 0 Å². The van der Waals surface area contributed by atoms with Gasteiger partial charge in [-0.15, -0.1) is 0 Å². The molecule has 3 heterocycles. The zero-order chi connectivity index (χ0) is 25.6. The van der Waals surface area contributed by atoms with E-state index in [-0.39, 0.29) is 11.3 Å². The number of carbonyl (C=O) groups excluding carboxylic acids is 1. The van der Waals surface area contributed by atoms with Crippen LogP contribution in [0.15, 0.2) is 18.3 Å². The molecule has 0 saturated carbocycles. The maximum absolute atomic E-state index is 13.6. The molecule has 5 heteroatoms. The van der Waals surface area contributed by atoms with E-state index in [0.29, 0.717) is 11.8 Å². The van der Waals surface area contributed by atoms with Gasteiger partial charge in [-0.05, 0) is 82.1 Å². The molecule has 5 nitrogen and oxygen atoms in total. The second kappa shape index (κ2) is 12.4. The molecule has 1 aliphatic heterocycles. The third kappa shape index (κ3) is 7.80. The summed E-state index contributed by atoms with van der Waals surface area (Å²) in [5.74, 6) is 1.33. The van der Waals surface area contributed by atoms with E-state index in [9.17, 15) is 4.79 Å². The van der Waals surface area contributed by atoms with E-state index in [1.54, 1.807) is 0 Å². The zero-order valence-electron chi connectivity index (χ0n) is 23.6. The minimum Gasteiger partial charge on any atom is -0.339 e. The second-order valence-electron chi connectivity index (χ2n) is 12.5. The number of hydrogen-bond acceptors (Lipinski definition) is 3. The van der Waals surface area contributed by atoms with Crippen molar-refractivity contribution in [2.75, 3.05) is 32.7 Å². The highest BCUT2D eigenvalue weighted by atomic mass is 16.2. The fraction of sp³-hybridized carbons (Fsp3) is 0.733. The van der Waals surface area contributed by atoms with Crippen molar-refractivity contribution < 1.29 is 4.79 Å². The Hall–Kier alpha value is -1.88. The first-order chi connectivity index (χ1) is 16.6. The molecule has 196 valence electrons. The molecule has 0 unspecified atom stereocenters. The van der Waals surface area contributed by atoms with Gasteiger partial charge >= 0.3 is 0 Å². The van der Waals surface area contributed by atoms with Gasteiger partial charge in [-0.1, -0.05) is 54.9 Å². The molecule has 1 saturated heterocycles. The molecule has 1 aliphatic rings. The van der Waals surface area contributed by atoms with Crippen molar-refractivity contribution in [3.8, 4) is 0 Å². The average molecular weight is 483 g/mol. The molecule has 0 radical (unpaired) electrons. The van der Waals surface area contributed by atoms with Gasteiger partial charge in [-0.2, -0.15) is 5.10 Å². The lowest BCUT2D eigenvalue weighted by atomic mass is 9.87. The topological polar surface area (TPSA) is 40.9 Å². The van der Waals surface area contributed by atoms with Crippen LogP contribution in [0.1, 0.15) is 109 Å². The van der Waals surface area contributed by atoms with Crippen LogP contribution in [0, 0.1) is 11.8 Å². The van der Waals surface area contributed by atoms with E-state index >= 15 is 0 Å². The minimum atomic E-state index is -0.0305. The van der Waals surface area contributed by atoms with Gasteiger partial charge in [-0.3, -0.25) is 4.79 Å². The molecule has 1 amide bonds. The predicted octanol–water partition coefficient (Wildman–Crippen LogP) is 6.58. The smallest absolute Gasteiger partial charge is 0.253 e. The number of carbonyl (C=O) groups is 1. The maximum atomic E-state index is 13.6. The van der Waals surface area contributed by atoms with Crippen LogP contribution in [0.5, 0.6) is 0 Å². The van der Waals surface area contributed by atoms with Gasteiger partial charge in [0.2, 0.25) is 0 Å². The van der Waals surface area contributed by atoms with E-state index in [2.05, 4.69) is 64.3 Å². The van der Waals surface area contributed by atoms with Crippen LogP contribution in [0.3, 0.4) is 0 Å². The summed E-state index contributed by atoms with van der Waals surface area (Å²) in [6.07, 6.45) is 10.3. The van der Waals surface area contributed by atoms with Gasteiger partial charge in [0, 0.05) is 35.8 Å². The van der Waals surface area contributed by atoms with Gasteiger partial charge < -0.3 is 9.80 Å². The Labute approximate surface area is 214 Å². The zero-order valence-corrected chi connectivity index (χ0v) is 23.6. The van der Waals surface area contributed by atoms with Gasteiger partial charge in [0.25, 0.3) is 5.91 Å². The van der Waals surface area contributed by atoms with E-state index in [1.165, 1.54) is 37.9 Å². The van der Waals surface area contributed by atoms with Crippen LogP contribution in [-0.2, 0) is 11.8 Å². The molecule has 0 N–H and O–H groups in total. The Balaban J connectivity index is 1.86. The van der Waals surface area contributed by atoms with Crippen LogP contribution >= 0.6 is 0 Å².